The van der Waals surface area contributed by atoms with Gasteiger partial charge in [0.1, 0.15) is 0 Å². The molecule has 4 nitrogen and oxygen atoms in total. The smallest absolute Gasteiger partial charge is 0.392 e. The number of anilines is 1. The van der Waals surface area contributed by atoms with E-state index in [0.29, 0.717) is 5.69 Å². The van der Waals surface area contributed by atoms with Gasteiger partial charge in [0, 0.05) is 26.4 Å². The van der Waals surface area contributed by atoms with Crippen LogP contribution in [0, 0.1) is 0 Å². The first-order chi connectivity index (χ1) is 9.29. The molecule has 20 heavy (non-hydrogen) atoms. The summed E-state index contributed by atoms with van der Waals surface area (Å²) in [5.41, 5.74) is -0.734. The van der Waals surface area contributed by atoms with Crippen LogP contribution in [-0.2, 0) is 17.5 Å². The van der Waals surface area contributed by atoms with E-state index >= 15 is 0 Å². The van der Waals surface area contributed by atoms with Crippen molar-refractivity contribution >= 4 is 5.69 Å². The van der Waals surface area contributed by atoms with Crippen LogP contribution in [0.3, 0.4) is 0 Å². The number of likely N-dealkylation sites (N-methyl/N-ethyl adjacent to an activating group) is 1. The second kappa shape index (κ2) is 6.92. The Morgan fingerprint density at radius 3 is 2.50 bits per heavy atom. The van der Waals surface area contributed by atoms with E-state index in [2.05, 4.69) is 0 Å². The molecule has 1 aromatic rings. The fraction of sp³-hybridized carbons (Fsp3) is 0.538. The van der Waals surface area contributed by atoms with E-state index in [9.17, 15) is 18.3 Å². The molecule has 0 bridgehead atoms. The third-order valence-corrected chi connectivity index (χ3v) is 2.85. The van der Waals surface area contributed by atoms with E-state index in [0.717, 1.165) is 6.07 Å². The molecule has 0 spiro atoms. The van der Waals surface area contributed by atoms with E-state index < -0.39 is 24.5 Å². The van der Waals surface area contributed by atoms with Crippen LogP contribution in [0.15, 0.2) is 18.2 Å². The Hall–Kier alpha value is -1.31. The number of hydrogen-bond donors (Lipinski definition) is 2. The first kappa shape index (κ1) is 16.7. The van der Waals surface area contributed by atoms with Crippen LogP contribution in [0.2, 0.25) is 0 Å². The number of methoxy groups -OCH3 is 1. The molecule has 7 heteroatoms. The topological polar surface area (TPSA) is 52.9 Å². The molecule has 0 saturated carbocycles. The third kappa shape index (κ3) is 4.36. The Bertz CT molecular complexity index is 437. The summed E-state index contributed by atoms with van der Waals surface area (Å²) in [5, 5.41) is 18.5. The van der Waals surface area contributed by atoms with E-state index in [1.807, 2.05) is 0 Å². The van der Waals surface area contributed by atoms with Gasteiger partial charge in [-0.3, -0.25) is 0 Å². The van der Waals surface area contributed by atoms with Crippen LogP contribution < -0.4 is 4.90 Å². The summed E-state index contributed by atoms with van der Waals surface area (Å²) in [6, 6.07) is 3.67. The van der Waals surface area contributed by atoms with Crippen molar-refractivity contribution in [2.24, 2.45) is 0 Å². The predicted octanol–water partition coefficient (Wildman–Crippen LogP) is 1.64. The average Bonchev–Trinajstić information content (AvgIpc) is 2.37. The summed E-state index contributed by atoms with van der Waals surface area (Å²) < 4.78 is 43.4. The highest BCUT2D eigenvalue weighted by atomic mass is 19.4. The minimum atomic E-state index is -4.53. The number of aliphatic hydroxyl groups is 2. The highest BCUT2D eigenvalue weighted by Crippen LogP contribution is 2.34. The Balaban J connectivity index is 2.96. The summed E-state index contributed by atoms with van der Waals surface area (Å²) in [6.45, 7) is -0.431. The largest absolute Gasteiger partial charge is 0.416 e. The molecule has 0 fully saturated rings. The molecular weight excluding hydrogens is 275 g/mol. The molecule has 1 aromatic carbocycles. The number of nitrogens with zero attached hydrogens (tertiary/aromatic N) is 1. The van der Waals surface area contributed by atoms with E-state index in [1.54, 1.807) is 7.05 Å². The van der Waals surface area contributed by atoms with Crippen molar-refractivity contribution in [1.82, 2.24) is 0 Å². The molecule has 0 radical (unpaired) electrons. The Morgan fingerprint density at radius 1 is 1.35 bits per heavy atom. The lowest BCUT2D eigenvalue weighted by Gasteiger charge is -2.24. The van der Waals surface area contributed by atoms with Gasteiger partial charge in [-0.05, 0) is 17.7 Å². The molecule has 1 unspecified atom stereocenters. The second-order valence-electron chi connectivity index (χ2n) is 4.49. The Kier molecular flexibility index (Phi) is 5.79. The minimum Gasteiger partial charge on any atom is -0.392 e. The van der Waals surface area contributed by atoms with Crippen molar-refractivity contribution in [1.29, 1.82) is 0 Å². The number of aliphatic hydroxyl groups excluding tert-OH is 2. The Morgan fingerprint density at radius 2 is 2.00 bits per heavy atom. The zero-order valence-electron chi connectivity index (χ0n) is 11.3. The van der Waals surface area contributed by atoms with Gasteiger partial charge in [0.15, 0.2) is 0 Å². The SMILES string of the molecule is COCC(O)CN(C)c1ccc(CO)c(C(F)(F)F)c1. The number of ether oxygens (including phenoxy) is 1. The average molecular weight is 293 g/mol. The van der Waals surface area contributed by atoms with Crippen LogP contribution in [0.4, 0.5) is 18.9 Å². The summed E-state index contributed by atoms with van der Waals surface area (Å²) in [5.74, 6) is 0. The molecule has 0 amide bonds. The predicted molar refractivity (Wildman–Crippen MR) is 68.5 cm³/mol. The quantitative estimate of drug-likeness (QED) is 0.837. The lowest BCUT2D eigenvalue weighted by molar-refractivity contribution is -0.138. The van der Waals surface area contributed by atoms with Gasteiger partial charge in [-0.2, -0.15) is 13.2 Å². The number of benzene rings is 1. The van der Waals surface area contributed by atoms with Gasteiger partial charge in [-0.25, -0.2) is 0 Å². The van der Waals surface area contributed by atoms with Crippen LogP contribution >= 0.6 is 0 Å². The van der Waals surface area contributed by atoms with E-state index in [4.69, 9.17) is 9.84 Å². The lowest BCUT2D eigenvalue weighted by Crippen LogP contribution is -2.32. The monoisotopic (exact) mass is 293 g/mol. The summed E-state index contributed by atoms with van der Waals surface area (Å²) in [4.78, 5) is 1.50. The maximum atomic E-state index is 12.9. The first-order valence-electron chi connectivity index (χ1n) is 5.98. The van der Waals surface area contributed by atoms with E-state index in [1.165, 1.54) is 24.1 Å². The molecule has 0 aromatic heterocycles. The normalized spacial score (nSPS) is 13.3. The first-order valence-corrected chi connectivity index (χ1v) is 5.98. The van der Waals surface area contributed by atoms with Crippen LogP contribution in [0.5, 0.6) is 0 Å². The fourth-order valence-electron chi connectivity index (χ4n) is 1.87. The van der Waals surface area contributed by atoms with Gasteiger partial charge < -0.3 is 19.8 Å². The molecule has 1 atom stereocenters. The molecule has 0 aliphatic heterocycles. The fourth-order valence-corrected chi connectivity index (χ4v) is 1.87. The minimum absolute atomic E-state index is 0.102. The van der Waals surface area contributed by atoms with Gasteiger partial charge in [0.25, 0.3) is 0 Å². The third-order valence-electron chi connectivity index (χ3n) is 2.85. The van der Waals surface area contributed by atoms with Gasteiger partial charge >= 0.3 is 6.18 Å². The van der Waals surface area contributed by atoms with Crippen molar-refractivity contribution in [3.63, 3.8) is 0 Å². The highest BCUT2D eigenvalue weighted by Gasteiger charge is 2.33. The van der Waals surface area contributed by atoms with E-state index in [-0.39, 0.29) is 18.7 Å². The van der Waals surface area contributed by atoms with Gasteiger partial charge in [0.05, 0.1) is 24.9 Å². The Labute approximate surface area is 115 Å². The van der Waals surface area contributed by atoms with Crippen molar-refractivity contribution in [3.05, 3.63) is 29.3 Å². The summed E-state index contributed by atoms with van der Waals surface area (Å²) in [7, 11) is 3.01. The van der Waals surface area contributed by atoms with Gasteiger partial charge in [-0.1, -0.05) is 6.07 Å². The van der Waals surface area contributed by atoms with Crippen LogP contribution in [-0.4, -0.2) is 43.6 Å². The molecule has 114 valence electrons. The second-order valence-corrected chi connectivity index (χ2v) is 4.49. The maximum Gasteiger partial charge on any atom is 0.416 e. The maximum absolute atomic E-state index is 12.9. The molecule has 0 heterocycles. The molecule has 1 rings (SSSR count). The van der Waals surface area contributed by atoms with Crippen molar-refractivity contribution < 1.29 is 28.1 Å². The highest BCUT2D eigenvalue weighted by molar-refractivity contribution is 5.51. The molecule has 0 aliphatic carbocycles. The standard InChI is InChI=1S/C13H18F3NO3/c1-17(6-11(19)8-20-2)10-4-3-9(7-18)12(5-10)13(14,15)16/h3-5,11,18-19H,6-8H2,1-2H3. The van der Waals surface area contributed by atoms with Crippen molar-refractivity contribution in [3.8, 4) is 0 Å². The van der Waals surface area contributed by atoms with Crippen molar-refractivity contribution in [2.75, 3.05) is 32.2 Å². The number of halogens is 3. The van der Waals surface area contributed by atoms with Crippen LogP contribution in [0.1, 0.15) is 11.1 Å². The zero-order valence-corrected chi connectivity index (χ0v) is 11.3. The zero-order chi connectivity index (χ0) is 15.3. The molecule has 0 aliphatic rings. The summed E-state index contributed by atoms with van der Waals surface area (Å²) in [6.07, 6.45) is -5.32. The van der Waals surface area contributed by atoms with Gasteiger partial charge in [0.2, 0.25) is 0 Å². The van der Waals surface area contributed by atoms with Crippen LogP contribution in [0.25, 0.3) is 0 Å². The number of alkyl halides is 3. The molecule has 2 N–H and O–H groups in total. The van der Waals surface area contributed by atoms with Crippen molar-refractivity contribution in [2.45, 2.75) is 18.9 Å². The lowest BCUT2D eigenvalue weighted by atomic mass is 10.1. The van der Waals surface area contributed by atoms with Gasteiger partial charge in [-0.15, -0.1) is 0 Å². The summed E-state index contributed by atoms with van der Waals surface area (Å²) >= 11 is 0. The number of hydrogen-bond acceptors (Lipinski definition) is 4. The number of rotatable bonds is 6. The molecular formula is C13H18F3NO3. The molecule has 0 saturated heterocycles.